The van der Waals surface area contributed by atoms with E-state index in [0.29, 0.717) is 33.3 Å². The zero-order valence-electron chi connectivity index (χ0n) is 14.5. The molecule has 3 aromatic rings. The Bertz CT molecular complexity index is 1020. The molecule has 7 heteroatoms. The van der Waals surface area contributed by atoms with E-state index in [0.717, 1.165) is 5.56 Å². The van der Waals surface area contributed by atoms with E-state index < -0.39 is 0 Å². The van der Waals surface area contributed by atoms with Crippen LogP contribution in [0.2, 0.25) is 5.02 Å². The van der Waals surface area contributed by atoms with Crippen LogP contribution in [-0.2, 0) is 4.79 Å². The number of nitrogens with one attached hydrogen (secondary N) is 1. The number of rotatable bonds is 5. The minimum absolute atomic E-state index is 0.103. The summed E-state index contributed by atoms with van der Waals surface area (Å²) in [6.45, 7) is 4.41. The van der Waals surface area contributed by atoms with Gasteiger partial charge in [0, 0.05) is 11.6 Å². The van der Waals surface area contributed by atoms with Crippen LogP contribution in [0.25, 0.3) is 16.6 Å². The van der Waals surface area contributed by atoms with Crippen molar-refractivity contribution in [2.45, 2.75) is 19.0 Å². The second-order valence-electron chi connectivity index (χ2n) is 5.77. The Hall–Kier alpha value is -2.31. The Kier molecular flexibility index (Phi) is 5.64. The van der Waals surface area contributed by atoms with Crippen molar-refractivity contribution >= 4 is 40.2 Å². The summed E-state index contributed by atoms with van der Waals surface area (Å²) in [4.78, 5) is 29.5. The minimum Gasteiger partial charge on any atom is -0.356 e. The van der Waals surface area contributed by atoms with Crippen LogP contribution in [0.1, 0.15) is 12.5 Å². The topological polar surface area (TPSA) is 64.0 Å². The lowest BCUT2D eigenvalue weighted by Crippen LogP contribution is -2.26. The first-order valence-electron chi connectivity index (χ1n) is 8.18. The summed E-state index contributed by atoms with van der Waals surface area (Å²) in [6, 6.07) is 12.6. The fourth-order valence-corrected chi connectivity index (χ4v) is 3.54. The smallest absolute Gasteiger partial charge is 0.266 e. The Morgan fingerprint density at radius 2 is 1.96 bits per heavy atom. The zero-order chi connectivity index (χ0) is 18.7. The van der Waals surface area contributed by atoms with Crippen molar-refractivity contribution in [1.29, 1.82) is 0 Å². The first-order chi connectivity index (χ1) is 12.5. The summed E-state index contributed by atoms with van der Waals surface area (Å²) in [6.07, 6.45) is 0. The fourth-order valence-electron chi connectivity index (χ4n) is 2.54. The van der Waals surface area contributed by atoms with Crippen molar-refractivity contribution < 1.29 is 4.79 Å². The van der Waals surface area contributed by atoms with Crippen LogP contribution in [0.5, 0.6) is 0 Å². The van der Waals surface area contributed by atoms with Crippen LogP contribution in [-0.4, -0.2) is 27.8 Å². The number of carbonyl (C=O) groups excluding carboxylic acids is 1. The van der Waals surface area contributed by atoms with E-state index >= 15 is 0 Å². The molecule has 0 aliphatic carbocycles. The number of aryl methyl sites for hydroxylation is 1. The first kappa shape index (κ1) is 18.5. The molecule has 0 unspecified atom stereocenters. The molecule has 3 rings (SSSR count). The van der Waals surface area contributed by atoms with E-state index in [2.05, 4.69) is 10.3 Å². The van der Waals surface area contributed by atoms with Crippen LogP contribution in [0, 0.1) is 6.92 Å². The first-order valence-corrected chi connectivity index (χ1v) is 9.55. The monoisotopic (exact) mass is 387 g/mol. The minimum atomic E-state index is -0.186. The predicted octanol–water partition coefficient (Wildman–Crippen LogP) is 3.58. The van der Waals surface area contributed by atoms with Gasteiger partial charge in [-0.2, -0.15) is 0 Å². The standard InChI is InChI=1S/C19H18ClN3O2S/c1-3-21-17(24)11-26-19-22-16-10-13(20)6-9-15(16)18(25)23(19)14-7-4-12(2)5-8-14/h4-10H,3,11H2,1-2H3,(H,21,24). The van der Waals surface area contributed by atoms with Gasteiger partial charge in [-0.25, -0.2) is 4.98 Å². The third kappa shape index (κ3) is 3.92. The summed E-state index contributed by atoms with van der Waals surface area (Å²) >= 11 is 7.27. The van der Waals surface area contributed by atoms with Crippen LogP contribution >= 0.6 is 23.4 Å². The largest absolute Gasteiger partial charge is 0.356 e. The highest BCUT2D eigenvalue weighted by atomic mass is 35.5. The Morgan fingerprint density at radius 3 is 2.65 bits per heavy atom. The highest BCUT2D eigenvalue weighted by molar-refractivity contribution is 7.99. The van der Waals surface area contributed by atoms with Crippen molar-refractivity contribution in [1.82, 2.24) is 14.9 Å². The van der Waals surface area contributed by atoms with E-state index in [-0.39, 0.29) is 17.2 Å². The lowest BCUT2D eigenvalue weighted by atomic mass is 10.2. The van der Waals surface area contributed by atoms with Gasteiger partial charge in [0.2, 0.25) is 5.91 Å². The van der Waals surface area contributed by atoms with Gasteiger partial charge in [-0.15, -0.1) is 0 Å². The summed E-state index contributed by atoms with van der Waals surface area (Å²) in [5, 5.41) is 4.20. The lowest BCUT2D eigenvalue weighted by Gasteiger charge is -2.13. The molecule has 1 aromatic heterocycles. The molecule has 0 radical (unpaired) electrons. The van der Waals surface area contributed by atoms with Gasteiger partial charge in [-0.05, 0) is 44.2 Å². The Balaban J connectivity index is 2.15. The maximum Gasteiger partial charge on any atom is 0.266 e. The van der Waals surface area contributed by atoms with Crippen LogP contribution in [0.15, 0.2) is 52.4 Å². The van der Waals surface area contributed by atoms with Gasteiger partial charge >= 0.3 is 0 Å². The molecular formula is C19H18ClN3O2S. The molecular weight excluding hydrogens is 370 g/mol. The molecule has 1 amide bonds. The number of amides is 1. The SMILES string of the molecule is CCNC(=O)CSc1nc2cc(Cl)ccc2c(=O)n1-c1ccc(C)cc1. The van der Waals surface area contributed by atoms with Gasteiger partial charge in [0.1, 0.15) is 0 Å². The highest BCUT2D eigenvalue weighted by Crippen LogP contribution is 2.23. The average Bonchev–Trinajstić information content (AvgIpc) is 2.61. The van der Waals surface area contributed by atoms with Crippen LogP contribution in [0.4, 0.5) is 0 Å². The summed E-state index contributed by atoms with van der Waals surface area (Å²) in [5.74, 6) is 0.0754. The van der Waals surface area contributed by atoms with Crippen molar-refractivity contribution in [2.75, 3.05) is 12.3 Å². The van der Waals surface area contributed by atoms with Gasteiger partial charge in [-0.3, -0.25) is 14.2 Å². The molecule has 2 aromatic carbocycles. The molecule has 5 nitrogen and oxygen atoms in total. The Labute approximate surface area is 160 Å². The third-order valence-corrected chi connectivity index (χ3v) is 4.97. The van der Waals surface area contributed by atoms with E-state index in [1.807, 2.05) is 38.1 Å². The maximum atomic E-state index is 13.1. The Morgan fingerprint density at radius 1 is 1.23 bits per heavy atom. The second kappa shape index (κ2) is 7.93. The number of benzene rings is 2. The molecule has 26 heavy (non-hydrogen) atoms. The van der Waals surface area contributed by atoms with Crippen LogP contribution < -0.4 is 10.9 Å². The molecule has 0 bridgehead atoms. The third-order valence-electron chi connectivity index (χ3n) is 3.80. The zero-order valence-corrected chi connectivity index (χ0v) is 16.0. The summed E-state index contributed by atoms with van der Waals surface area (Å²) in [5.41, 5.74) is 2.14. The normalized spacial score (nSPS) is 10.9. The maximum absolute atomic E-state index is 13.1. The van der Waals surface area contributed by atoms with Gasteiger partial charge in [0.05, 0.1) is 22.3 Å². The summed E-state index contributed by atoms with van der Waals surface area (Å²) < 4.78 is 1.54. The number of hydrogen-bond donors (Lipinski definition) is 1. The van der Waals surface area contributed by atoms with Crippen molar-refractivity contribution in [3.8, 4) is 5.69 Å². The van der Waals surface area contributed by atoms with Crippen molar-refractivity contribution in [3.63, 3.8) is 0 Å². The summed E-state index contributed by atoms with van der Waals surface area (Å²) in [7, 11) is 0. The molecule has 1 heterocycles. The molecule has 134 valence electrons. The predicted molar refractivity (Wildman–Crippen MR) is 106 cm³/mol. The van der Waals surface area contributed by atoms with Gasteiger partial charge in [0.25, 0.3) is 5.56 Å². The van der Waals surface area contributed by atoms with E-state index in [9.17, 15) is 9.59 Å². The van der Waals surface area contributed by atoms with Gasteiger partial charge in [-0.1, -0.05) is 41.1 Å². The van der Waals surface area contributed by atoms with E-state index in [4.69, 9.17) is 11.6 Å². The lowest BCUT2D eigenvalue weighted by molar-refractivity contribution is -0.118. The van der Waals surface area contributed by atoms with Gasteiger partial charge in [0.15, 0.2) is 5.16 Å². The molecule has 0 spiro atoms. The van der Waals surface area contributed by atoms with Crippen molar-refractivity contribution in [3.05, 3.63) is 63.4 Å². The van der Waals surface area contributed by atoms with E-state index in [1.54, 1.807) is 22.8 Å². The quantitative estimate of drug-likeness (QED) is 0.537. The van der Waals surface area contributed by atoms with Crippen molar-refractivity contribution in [2.24, 2.45) is 0 Å². The molecule has 0 atom stereocenters. The number of aromatic nitrogens is 2. The molecule has 0 saturated carbocycles. The number of nitrogens with zero attached hydrogens (tertiary/aromatic N) is 2. The molecule has 0 aliphatic heterocycles. The van der Waals surface area contributed by atoms with E-state index in [1.165, 1.54) is 11.8 Å². The number of hydrogen-bond acceptors (Lipinski definition) is 4. The van der Waals surface area contributed by atoms with Gasteiger partial charge < -0.3 is 5.32 Å². The molecule has 1 N–H and O–H groups in total. The average molecular weight is 388 g/mol. The number of fused-ring (bicyclic) bond motifs is 1. The number of halogens is 1. The number of thioether (sulfide) groups is 1. The second-order valence-corrected chi connectivity index (χ2v) is 7.15. The highest BCUT2D eigenvalue weighted by Gasteiger charge is 2.15. The van der Waals surface area contributed by atoms with Crippen LogP contribution in [0.3, 0.4) is 0 Å². The molecule has 0 fully saturated rings. The number of carbonyl (C=O) groups is 1. The molecule has 0 aliphatic rings. The fraction of sp³-hybridized carbons (Fsp3) is 0.211. The molecule has 0 saturated heterocycles.